The van der Waals surface area contributed by atoms with Crippen molar-refractivity contribution in [2.45, 2.75) is 0 Å². The SMILES string of the molecule is c1ccc(-n2c3ccccc3c3cc4c(cc32)[nH]c2cc(-c3ccc5ccc(-c6ccc7[nH]c8ccc9ccccc9c8c7c6)cc5c3)ccc24)cc1. The number of H-pyrrole nitrogens is 2. The molecule has 0 amide bonds. The Morgan fingerprint density at radius 2 is 0.943 bits per heavy atom. The second-order valence-electron chi connectivity index (χ2n) is 14.4. The quantitative estimate of drug-likeness (QED) is 0.187. The van der Waals surface area contributed by atoms with Crippen molar-refractivity contribution in [2.24, 2.45) is 0 Å². The molecule has 53 heavy (non-hydrogen) atoms. The summed E-state index contributed by atoms with van der Waals surface area (Å²) >= 11 is 0. The van der Waals surface area contributed by atoms with Crippen LogP contribution in [0, 0.1) is 0 Å². The zero-order valence-corrected chi connectivity index (χ0v) is 28.7. The van der Waals surface area contributed by atoms with E-state index in [1.165, 1.54) is 104 Å². The first kappa shape index (κ1) is 28.6. The van der Waals surface area contributed by atoms with E-state index >= 15 is 0 Å². The highest BCUT2D eigenvalue weighted by molar-refractivity contribution is 6.21. The van der Waals surface area contributed by atoms with Gasteiger partial charge in [0.15, 0.2) is 0 Å². The van der Waals surface area contributed by atoms with Crippen molar-refractivity contribution in [1.29, 1.82) is 0 Å². The van der Waals surface area contributed by atoms with E-state index in [9.17, 15) is 0 Å². The van der Waals surface area contributed by atoms with Crippen LogP contribution in [0.3, 0.4) is 0 Å². The molecular formula is C50H31N3. The summed E-state index contributed by atoms with van der Waals surface area (Å²) in [7, 11) is 0. The van der Waals surface area contributed by atoms with Crippen LogP contribution in [0.25, 0.3) is 115 Å². The van der Waals surface area contributed by atoms with E-state index in [4.69, 9.17) is 0 Å². The van der Waals surface area contributed by atoms with E-state index in [2.05, 4.69) is 190 Å². The number of aromatic nitrogens is 3. The number of nitrogens with zero attached hydrogens (tertiary/aromatic N) is 1. The lowest BCUT2D eigenvalue weighted by atomic mass is 9.96. The molecule has 3 nitrogen and oxygen atoms in total. The molecule has 0 bridgehead atoms. The third-order valence-electron chi connectivity index (χ3n) is 11.4. The smallest absolute Gasteiger partial charge is 0.0562 e. The lowest BCUT2D eigenvalue weighted by Crippen LogP contribution is -1.92. The Kier molecular flexibility index (Phi) is 5.77. The maximum atomic E-state index is 3.79. The van der Waals surface area contributed by atoms with Gasteiger partial charge in [0.05, 0.1) is 11.0 Å². The van der Waals surface area contributed by atoms with E-state index in [1.54, 1.807) is 0 Å². The van der Waals surface area contributed by atoms with Crippen LogP contribution in [0.15, 0.2) is 176 Å². The molecule has 0 aliphatic carbocycles. The molecular weight excluding hydrogens is 643 g/mol. The Labute approximate surface area is 304 Å². The fraction of sp³-hybridized carbons (Fsp3) is 0. The van der Waals surface area contributed by atoms with Gasteiger partial charge < -0.3 is 14.5 Å². The third kappa shape index (κ3) is 4.22. The number of para-hydroxylation sites is 2. The van der Waals surface area contributed by atoms with Crippen molar-refractivity contribution >= 4 is 87.0 Å². The molecule has 0 spiro atoms. The standard InChI is InChI=1S/C50H31N3/c1-2-9-37(10-3-1)53-48-13-7-6-12-40(48)42-28-41-39-21-18-35(27-46(39)52-47(41)29-49(42)53)33-17-15-30-14-16-32(24-36(30)25-33)34-20-22-44-43(26-34)50-38-11-5-4-8-31(38)19-23-45(50)51-44/h1-29,51-52H. The first-order chi connectivity index (χ1) is 26.2. The third-order valence-corrected chi connectivity index (χ3v) is 11.4. The minimum Gasteiger partial charge on any atom is -0.354 e. The molecule has 0 aliphatic rings. The summed E-state index contributed by atoms with van der Waals surface area (Å²) < 4.78 is 2.38. The van der Waals surface area contributed by atoms with Gasteiger partial charge in [-0.3, -0.25) is 0 Å². The van der Waals surface area contributed by atoms with E-state index in [0.29, 0.717) is 0 Å². The van der Waals surface area contributed by atoms with E-state index in [1.807, 2.05) is 0 Å². The van der Waals surface area contributed by atoms with Gasteiger partial charge in [-0.15, -0.1) is 0 Å². The van der Waals surface area contributed by atoms with Crippen LogP contribution in [-0.4, -0.2) is 14.5 Å². The molecule has 12 rings (SSSR count). The summed E-state index contributed by atoms with van der Waals surface area (Å²) in [6.07, 6.45) is 0. The Morgan fingerprint density at radius 1 is 0.302 bits per heavy atom. The van der Waals surface area contributed by atoms with Gasteiger partial charge in [0.25, 0.3) is 0 Å². The van der Waals surface area contributed by atoms with Gasteiger partial charge in [0.1, 0.15) is 0 Å². The van der Waals surface area contributed by atoms with Gasteiger partial charge in [0, 0.05) is 60.1 Å². The minimum absolute atomic E-state index is 1.15. The molecule has 9 aromatic carbocycles. The molecule has 0 saturated carbocycles. The summed E-state index contributed by atoms with van der Waals surface area (Å²) in [6, 6.07) is 64.5. The molecule has 3 heterocycles. The first-order valence-electron chi connectivity index (χ1n) is 18.3. The summed E-state index contributed by atoms with van der Waals surface area (Å²) in [5.41, 5.74) is 13.1. The fourth-order valence-electron chi connectivity index (χ4n) is 8.86. The molecule has 0 saturated heterocycles. The number of rotatable bonds is 3. The molecule has 12 aromatic rings. The Hall–Kier alpha value is -7.10. The number of aromatic amines is 2. The van der Waals surface area contributed by atoms with Gasteiger partial charge in [-0.2, -0.15) is 0 Å². The van der Waals surface area contributed by atoms with Crippen LogP contribution in [-0.2, 0) is 0 Å². The van der Waals surface area contributed by atoms with E-state index in [-0.39, 0.29) is 0 Å². The predicted molar refractivity (Wildman–Crippen MR) is 225 cm³/mol. The number of nitrogens with one attached hydrogen (secondary N) is 2. The van der Waals surface area contributed by atoms with Crippen molar-refractivity contribution < 1.29 is 0 Å². The Bertz CT molecular complexity index is 3450. The molecule has 246 valence electrons. The monoisotopic (exact) mass is 673 g/mol. The van der Waals surface area contributed by atoms with Gasteiger partial charge in [-0.25, -0.2) is 0 Å². The van der Waals surface area contributed by atoms with Crippen LogP contribution in [0.1, 0.15) is 0 Å². The molecule has 3 heteroatoms. The average molecular weight is 674 g/mol. The largest absolute Gasteiger partial charge is 0.354 e. The van der Waals surface area contributed by atoms with Crippen LogP contribution in [0.4, 0.5) is 0 Å². The predicted octanol–water partition coefficient (Wildman–Crippen LogP) is 13.7. The molecule has 2 N–H and O–H groups in total. The minimum atomic E-state index is 1.15. The number of fused-ring (bicyclic) bond motifs is 12. The highest BCUT2D eigenvalue weighted by atomic mass is 15.0. The number of hydrogen-bond acceptors (Lipinski definition) is 0. The zero-order chi connectivity index (χ0) is 34.6. The normalized spacial score (nSPS) is 12.2. The lowest BCUT2D eigenvalue weighted by Gasteiger charge is -2.08. The summed E-state index contributed by atoms with van der Waals surface area (Å²) in [6.45, 7) is 0. The van der Waals surface area contributed by atoms with Crippen molar-refractivity contribution in [3.63, 3.8) is 0 Å². The Morgan fingerprint density at radius 3 is 1.81 bits per heavy atom. The summed E-state index contributed by atoms with van der Waals surface area (Å²) in [5.74, 6) is 0. The fourth-order valence-corrected chi connectivity index (χ4v) is 8.86. The van der Waals surface area contributed by atoms with Gasteiger partial charge in [-0.05, 0) is 111 Å². The van der Waals surface area contributed by atoms with E-state index in [0.717, 1.165) is 11.0 Å². The van der Waals surface area contributed by atoms with Crippen LogP contribution in [0.2, 0.25) is 0 Å². The summed E-state index contributed by atoms with van der Waals surface area (Å²) in [5, 5.41) is 12.6. The van der Waals surface area contributed by atoms with Crippen molar-refractivity contribution in [3.8, 4) is 27.9 Å². The molecule has 0 aliphatic heterocycles. The maximum Gasteiger partial charge on any atom is 0.0562 e. The molecule has 0 atom stereocenters. The van der Waals surface area contributed by atoms with Crippen LogP contribution >= 0.6 is 0 Å². The Balaban J connectivity index is 0.966. The first-order valence-corrected chi connectivity index (χ1v) is 18.3. The molecule has 3 aromatic heterocycles. The van der Waals surface area contributed by atoms with Crippen LogP contribution < -0.4 is 0 Å². The number of hydrogen-bond donors (Lipinski definition) is 2. The maximum absolute atomic E-state index is 3.79. The van der Waals surface area contributed by atoms with Crippen molar-refractivity contribution in [3.05, 3.63) is 176 Å². The molecule has 0 fully saturated rings. The van der Waals surface area contributed by atoms with Crippen molar-refractivity contribution in [1.82, 2.24) is 14.5 Å². The van der Waals surface area contributed by atoms with Crippen LogP contribution in [0.5, 0.6) is 0 Å². The second-order valence-corrected chi connectivity index (χ2v) is 14.4. The highest BCUT2D eigenvalue weighted by Crippen LogP contribution is 2.39. The van der Waals surface area contributed by atoms with Gasteiger partial charge in [-0.1, -0.05) is 109 Å². The molecule has 0 radical (unpaired) electrons. The van der Waals surface area contributed by atoms with Gasteiger partial charge >= 0.3 is 0 Å². The van der Waals surface area contributed by atoms with E-state index < -0.39 is 0 Å². The summed E-state index contributed by atoms with van der Waals surface area (Å²) in [4.78, 5) is 7.44. The van der Waals surface area contributed by atoms with Crippen molar-refractivity contribution in [2.75, 3.05) is 0 Å². The lowest BCUT2D eigenvalue weighted by molar-refractivity contribution is 1.18. The highest BCUT2D eigenvalue weighted by Gasteiger charge is 2.16. The number of benzene rings is 9. The second kappa shape index (κ2) is 10.7. The zero-order valence-electron chi connectivity index (χ0n) is 28.7. The topological polar surface area (TPSA) is 36.5 Å². The average Bonchev–Trinajstić information content (AvgIpc) is 3.88. The van der Waals surface area contributed by atoms with Gasteiger partial charge in [0.2, 0.25) is 0 Å². The molecule has 0 unspecified atom stereocenters.